The Bertz CT molecular complexity index is 333. The Labute approximate surface area is 123 Å². The van der Waals surface area contributed by atoms with Crippen molar-refractivity contribution in [3.05, 3.63) is 34.9 Å². The van der Waals surface area contributed by atoms with E-state index in [1.165, 1.54) is 18.4 Å². The first kappa shape index (κ1) is 16.5. The van der Waals surface area contributed by atoms with E-state index in [0.29, 0.717) is 6.04 Å². The summed E-state index contributed by atoms with van der Waals surface area (Å²) >= 11 is 5.95. The molecule has 0 aliphatic heterocycles. The first-order valence-electron chi connectivity index (χ1n) is 7.42. The van der Waals surface area contributed by atoms with Crippen LogP contribution >= 0.6 is 11.6 Å². The van der Waals surface area contributed by atoms with Gasteiger partial charge < -0.3 is 10.2 Å². The Hall–Kier alpha value is -0.570. The van der Waals surface area contributed by atoms with Gasteiger partial charge in [0.1, 0.15) is 0 Å². The number of halogens is 1. The van der Waals surface area contributed by atoms with E-state index >= 15 is 0 Å². The third-order valence-corrected chi connectivity index (χ3v) is 3.81. The highest BCUT2D eigenvalue weighted by atomic mass is 35.5. The van der Waals surface area contributed by atoms with Crippen LogP contribution in [0, 0.1) is 0 Å². The van der Waals surface area contributed by atoms with Gasteiger partial charge >= 0.3 is 0 Å². The molecule has 0 bridgehead atoms. The topological polar surface area (TPSA) is 15.3 Å². The van der Waals surface area contributed by atoms with Crippen LogP contribution in [0.15, 0.2) is 24.3 Å². The fourth-order valence-electron chi connectivity index (χ4n) is 2.31. The molecule has 0 aliphatic rings. The molecule has 0 aromatic heterocycles. The van der Waals surface area contributed by atoms with Crippen molar-refractivity contribution in [1.82, 2.24) is 10.2 Å². The lowest BCUT2D eigenvalue weighted by molar-refractivity contribution is 0.294. The van der Waals surface area contributed by atoms with Gasteiger partial charge in [0, 0.05) is 24.2 Å². The zero-order valence-corrected chi connectivity index (χ0v) is 13.2. The van der Waals surface area contributed by atoms with Crippen LogP contribution in [0.2, 0.25) is 5.02 Å². The summed E-state index contributed by atoms with van der Waals surface area (Å²) in [5.41, 5.74) is 1.34. The summed E-state index contributed by atoms with van der Waals surface area (Å²) in [5, 5.41) is 4.48. The smallest absolute Gasteiger partial charge is 0.0406 e. The minimum atomic E-state index is 0.442. The lowest BCUT2D eigenvalue weighted by atomic mass is 10.0. The largest absolute Gasteiger partial charge is 0.309 e. The number of benzene rings is 1. The molecule has 0 radical (unpaired) electrons. The van der Waals surface area contributed by atoms with Crippen LogP contribution in [0.1, 0.15) is 45.2 Å². The summed E-state index contributed by atoms with van der Waals surface area (Å²) < 4.78 is 0. The van der Waals surface area contributed by atoms with Crippen LogP contribution in [-0.2, 0) is 0 Å². The van der Waals surface area contributed by atoms with E-state index < -0.39 is 0 Å². The molecule has 3 heteroatoms. The van der Waals surface area contributed by atoms with Gasteiger partial charge in [-0.25, -0.2) is 0 Å². The fraction of sp³-hybridized carbons (Fsp3) is 0.625. The van der Waals surface area contributed by atoms with Crippen molar-refractivity contribution in [3.63, 3.8) is 0 Å². The maximum absolute atomic E-state index is 5.95. The maximum atomic E-state index is 5.95. The van der Waals surface area contributed by atoms with Gasteiger partial charge in [-0.15, -0.1) is 0 Å². The van der Waals surface area contributed by atoms with Crippen LogP contribution in [0.4, 0.5) is 0 Å². The summed E-state index contributed by atoms with van der Waals surface area (Å²) in [6, 6.07) is 8.66. The van der Waals surface area contributed by atoms with E-state index in [2.05, 4.69) is 43.1 Å². The maximum Gasteiger partial charge on any atom is 0.0406 e. The first-order valence-corrected chi connectivity index (χ1v) is 7.80. The lowest BCUT2D eigenvalue weighted by Gasteiger charge is -2.22. The van der Waals surface area contributed by atoms with Crippen LogP contribution < -0.4 is 5.32 Å². The zero-order chi connectivity index (χ0) is 14.1. The molecule has 0 fully saturated rings. The van der Waals surface area contributed by atoms with Crippen molar-refractivity contribution >= 4 is 11.6 Å². The second kappa shape index (κ2) is 9.35. The predicted octanol–water partition coefficient (Wildman–Crippen LogP) is 4.11. The molecule has 1 N–H and O–H groups in total. The van der Waals surface area contributed by atoms with Crippen molar-refractivity contribution in [2.45, 2.75) is 39.7 Å². The number of rotatable bonds is 9. The van der Waals surface area contributed by atoms with Crippen molar-refractivity contribution in [2.24, 2.45) is 0 Å². The van der Waals surface area contributed by atoms with Crippen LogP contribution in [0.25, 0.3) is 0 Å². The second-order valence-electron chi connectivity index (χ2n) is 4.87. The van der Waals surface area contributed by atoms with E-state index in [4.69, 9.17) is 11.6 Å². The number of hydrogen-bond donors (Lipinski definition) is 1. The van der Waals surface area contributed by atoms with E-state index in [1.807, 2.05) is 12.1 Å². The molecular formula is C16H27ClN2. The Morgan fingerprint density at radius 1 is 1.11 bits per heavy atom. The molecule has 0 aliphatic carbocycles. The highest BCUT2D eigenvalue weighted by Gasteiger charge is 2.10. The minimum Gasteiger partial charge on any atom is -0.309 e. The molecule has 1 atom stereocenters. The molecule has 0 amide bonds. The minimum absolute atomic E-state index is 0.442. The summed E-state index contributed by atoms with van der Waals surface area (Å²) in [6.45, 7) is 11.1. The number of likely N-dealkylation sites (N-methyl/N-ethyl adjacent to an activating group) is 1. The van der Waals surface area contributed by atoms with Gasteiger partial charge in [-0.05, 0) is 37.2 Å². The monoisotopic (exact) mass is 282 g/mol. The van der Waals surface area contributed by atoms with Gasteiger partial charge in [-0.2, -0.15) is 0 Å². The third-order valence-electron chi connectivity index (χ3n) is 3.56. The van der Waals surface area contributed by atoms with Crippen LogP contribution in [0.3, 0.4) is 0 Å². The summed E-state index contributed by atoms with van der Waals surface area (Å²) in [5.74, 6) is 0. The van der Waals surface area contributed by atoms with Gasteiger partial charge in [0.15, 0.2) is 0 Å². The SMILES string of the molecule is CCCC(NCCN(CC)CC)c1ccc(Cl)cc1. The molecule has 108 valence electrons. The average Bonchev–Trinajstić information content (AvgIpc) is 2.43. The van der Waals surface area contributed by atoms with Crippen molar-refractivity contribution < 1.29 is 0 Å². The Balaban J connectivity index is 2.50. The van der Waals surface area contributed by atoms with Crippen molar-refractivity contribution in [3.8, 4) is 0 Å². The second-order valence-corrected chi connectivity index (χ2v) is 5.31. The summed E-state index contributed by atoms with van der Waals surface area (Å²) in [4.78, 5) is 2.44. The lowest BCUT2D eigenvalue weighted by Crippen LogP contribution is -2.33. The highest BCUT2D eigenvalue weighted by molar-refractivity contribution is 6.30. The molecule has 19 heavy (non-hydrogen) atoms. The normalized spacial score (nSPS) is 12.9. The van der Waals surface area contributed by atoms with E-state index in [-0.39, 0.29) is 0 Å². The average molecular weight is 283 g/mol. The van der Waals surface area contributed by atoms with Gasteiger partial charge in [-0.1, -0.05) is 50.9 Å². The van der Waals surface area contributed by atoms with E-state index in [1.54, 1.807) is 0 Å². The molecule has 0 heterocycles. The van der Waals surface area contributed by atoms with Gasteiger partial charge in [0.05, 0.1) is 0 Å². The number of nitrogens with zero attached hydrogens (tertiary/aromatic N) is 1. The molecule has 0 spiro atoms. The zero-order valence-electron chi connectivity index (χ0n) is 12.5. The first-order chi connectivity index (χ1) is 9.21. The van der Waals surface area contributed by atoms with E-state index in [0.717, 1.165) is 31.2 Å². The molecule has 1 rings (SSSR count). The quantitative estimate of drug-likeness (QED) is 0.733. The van der Waals surface area contributed by atoms with Crippen molar-refractivity contribution in [1.29, 1.82) is 0 Å². The molecule has 1 unspecified atom stereocenters. The molecule has 0 saturated heterocycles. The highest BCUT2D eigenvalue weighted by Crippen LogP contribution is 2.20. The van der Waals surface area contributed by atoms with Gasteiger partial charge in [-0.3, -0.25) is 0 Å². The number of nitrogens with one attached hydrogen (secondary N) is 1. The molecular weight excluding hydrogens is 256 g/mol. The Kier molecular flexibility index (Phi) is 8.11. The summed E-state index contributed by atoms with van der Waals surface area (Å²) in [6.07, 6.45) is 2.35. The fourth-order valence-corrected chi connectivity index (χ4v) is 2.43. The van der Waals surface area contributed by atoms with Crippen LogP contribution in [-0.4, -0.2) is 31.1 Å². The molecule has 0 saturated carbocycles. The van der Waals surface area contributed by atoms with Gasteiger partial charge in [0.2, 0.25) is 0 Å². The molecule has 1 aromatic rings. The standard InChI is InChI=1S/C16H27ClN2/c1-4-7-16(14-8-10-15(17)11-9-14)18-12-13-19(5-2)6-3/h8-11,16,18H,4-7,12-13H2,1-3H3. The predicted molar refractivity (Wildman–Crippen MR) is 84.9 cm³/mol. The van der Waals surface area contributed by atoms with Crippen molar-refractivity contribution in [2.75, 3.05) is 26.2 Å². The summed E-state index contributed by atoms with van der Waals surface area (Å²) in [7, 11) is 0. The Morgan fingerprint density at radius 2 is 1.74 bits per heavy atom. The van der Waals surface area contributed by atoms with E-state index in [9.17, 15) is 0 Å². The Morgan fingerprint density at radius 3 is 2.26 bits per heavy atom. The molecule has 1 aromatic carbocycles. The van der Waals surface area contributed by atoms with Gasteiger partial charge in [0.25, 0.3) is 0 Å². The van der Waals surface area contributed by atoms with Crippen LogP contribution in [0.5, 0.6) is 0 Å². The number of hydrogen-bond acceptors (Lipinski definition) is 2. The third kappa shape index (κ3) is 5.94. The molecule has 2 nitrogen and oxygen atoms in total.